The molecule has 0 N–H and O–H groups in total. The Morgan fingerprint density at radius 2 is 2.29 bits per heavy atom. The molecule has 0 atom stereocenters. The van der Waals surface area contributed by atoms with E-state index in [-0.39, 0.29) is 0 Å². The Morgan fingerprint density at radius 3 is 2.93 bits per heavy atom. The standard InChI is InChI=1S/C12H13NO/c1-10-7-8-12(14-10)9-13-11-5-3-2-4-6-11/h3,5-9H,2,4H2,1H3. The van der Waals surface area contributed by atoms with Gasteiger partial charge in [-0.1, -0.05) is 12.2 Å². The van der Waals surface area contributed by atoms with Gasteiger partial charge >= 0.3 is 0 Å². The molecule has 1 aliphatic rings. The minimum atomic E-state index is 0.808. The van der Waals surface area contributed by atoms with Crippen LogP contribution in [0.15, 0.2) is 45.5 Å². The van der Waals surface area contributed by atoms with E-state index in [0.29, 0.717) is 0 Å². The van der Waals surface area contributed by atoms with Crippen LogP contribution in [0, 0.1) is 6.92 Å². The molecule has 2 heteroatoms. The van der Waals surface area contributed by atoms with Gasteiger partial charge in [-0.05, 0) is 38.0 Å². The first-order valence-electron chi connectivity index (χ1n) is 4.82. The van der Waals surface area contributed by atoms with E-state index < -0.39 is 0 Å². The zero-order valence-corrected chi connectivity index (χ0v) is 8.23. The third kappa shape index (κ3) is 2.22. The highest BCUT2D eigenvalue weighted by molar-refractivity contribution is 5.77. The van der Waals surface area contributed by atoms with Gasteiger partial charge in [0.05, 0.1) is 11.9 Å². The molecule has 0 radical (unpaired) electrons. The van der Waals surface area contributed by atoms with E-state index in [1.54, 1.807) is 6.21 Å². The summed E-state index contributed by atoms with van der Waals surface area (Å²) in [5.74, 6) is 1.72. The van der Waals surface area contributed by atoms with Gasteiger partial charge in [0.2, 0.25) is 0 Å². The Bertz CT molecular complexity index is 396. The fourth-order valence-corrected chi connectivity index (χ4v) is 1.36. The fourth-order valence-electron chi connectivity index (χ4n) is 1.36. The maximum atomic E-state index is 5.37. The largest absolute Gasteiger partial charge is 0.460 e. The molecular formula is C12H13NO. The molecule has 72 valence electrons. The maximum absolute atomic E-state index is 5.37. The van der Waals surface area contributed by atoms with Crippen molar-refractivity contribution in [2.75, 3.05) is 0 Å². The summed E-state index contributed by atoms with van der Waals surface area (Å²) in [6.07, 6.45) is 10.3. The van der Waals surface area contributed by atoms with E-state index >= 15 is 0 Å². The van der Waals surface area contributed by atoms with Gasteiger partial charge in [0.25, 0.3) is 0 Å². The third-order valence-electron chi connectivity index (χ3n) is 2.08. The highest BCUT2D eigenvalue weighted by Gasteiger charge is 1.96. The second-order valence-electron chi connectivity index (χ2n) is 3.32. The van der Waals surface area contributed by atoms with Crippen molar-refractivity contribution in [2.24, 2.45) is 4.99 Å². The Morgan fingerprint density at radius 1 is 1.36 bits per heavy atom. The number of hydrogen-bond donors (Lipinski definition) is 0. The Balaban J connectivity index is 2.06. The third-order valence-corrected chi connectivity index (χ3v) is 2.08. The number of nitrogens with zero attached hydrogens (tertiary/aromatic N) is 1. The van der Waals surface area contributed by atoms with Crippen LogP contribution in [0.4, 0.5) is 0 Å². The van der Waals surface area contributed by atoms with Crippen LogP contribution in [0.2, 0.25) is 0 Å². The first-order valence-corrected chi connectivity index (χ1v) is 4.82. The molecular weight excluding hydrogens is 174 g/mol. The van der Waals surface area contributed by atoms with Crippen LogP contribution in [-0.2, 0) is 0 Å². The molecule has 0 fully saturated rings. The number of aryl methyl sites for hydroxylation is 1. The van der Waals surface area contributed by atoms with Crippen molar-refractivity contribution in [1.82, 2.24) is 0 Å². The molecule has 1 heterocycles. The van der Waals surface area contributed by atoms with Crippen LogP contribution in [0.25, 0.3) is 0 Å². The number of aliphatic imine (C=N–C) groups is 1. The average Bonchev–Trinajstić information content (AvgIpc) is 2.63. The monoisotopic (exact) mass is 187 g/mol. The van der Waals surface area contributed by atoms with Crippen molar-refractivity contribution in [1.29, 1.82) is 0 Å². The van der Waals surface area contributed by atoms with Crippen LogP contribution >= 0.6 is 0 Å². The number of rotatable bonds is 2. The van der Waals surface area contributed by atoms with Crippen LogP contribution < -0.4 is 0 Å². The molecule has 1 aromatic rings. The molecule has 0 aliphatic heterocycles. The van der Waals surface area contributed by atoms with Crippen LogP contribution in [0.1, 0.15) is 24.4 Å². The lowest BCUT2D eigenvalue weighted by molar-refractivity contribution is 0.528. The predicted molar refractivity (Wildman–Crippen MR) is 57.5 cm³/mol. The predicted octanol–water partition coefficient (Wildman–Crippen LogP) is 3.24. The first-order chi connectivity index (χ1) is 6.84. The van der Waals surface area contributed by atoms with E-state index in [9.17, 15) is 0 Å². The summed E-state index contributed by atoms with van der Waals surface area (Å²) in [5, 5.41) is 0. The van der Waals surface area contributed by atoms with Gasteiger partial charge < -0.3 is 4.42 Å². The van der Waals surface area contributed by atoms with Gasteiger partial charge in [0, 0.05) is 0 Å². The fraction of sp³-hybridized carbons (Fsp3) is 0.250. The van der Waals surface area contributed by atoms with Crippen LogP contribution in [0.3, 0.4) is 0 Å². The summed E-state index contributed by atoms with van der Waals surface area (Å²) in [6, 6.07) is 3.86. The molecule has 0 saturated carbocycles. The molecule has 0 unspecified atom stereocenters. The zero-order chi connectivity index (χ0) is 9.80. The number of hydrogen-bond acceptors (Lipinski definition) is 2. The van der Waals surface area contributed by atoms with Crippen molar-refractivity contribution < 1.29 is 4.42 Å². The van der Waals surface area contributed by atoms with Gasteiger partial charge in [-0.3, -0.25) is 4.99 Å². The normalized spacial score (nSPS) is 16.2. The summed E-state index contributed by atoms with van der Waals surface area (Å²) in [5.41, 5.74) is 1.02. The van der Waals surface area contributed by atoms with Crippen molar-refractivity contribution in [2.45, 2.75) is 19.8 Å². The van der Waals surface area contributed by atoms with Gasteiger partial charge in [-0.15, -0.1) is 0 Å². The van der Waals surface area contributed by atoms with E-state index in [1.807, 2.05) is 25.1 Å². The van der Waals surface area contributed by atoms with E-state index in [1.165, 1.54) is 0 Å². The molecule has 14 heavy (non-hydrogen) atoms. The molecule has 2 rings (SSSR count). The Kier molecular flexibility index (Phi) is 2.63. The van der Waals surface area contributed by atoms with Crippen LogP contribution in [0.5, 0.6) is 0 Å². The quantitative estimate of drug-likeness (QED) is 0.652. The van der Waals surface area contributed by atoms with Crippen molar-refractivity contribution in [3.8, 4) is 0 Å². The van der Waals surface area contributed by atoms with Gasteiger partial charge in [-0.25, -0.2) is 0 Å². The molecule has 0 aromatic carbocycles. The minimum Gasteiger partial charge on any atom is -0.460 e. The Hall–Kier alpha value is -1.57. The first kappa shape index (κ1) is 9.00. The summed E-state index contributed by atoms with van der Waals surface area (Å²) >= 11 is 0. The van der Waals surface area contributed by atoms with E-state index in [0.717, 1.165) is 30.1 Å². The number of furan rings is 1. The van der Waals surface area contributed by atoms with Crippen molar-refractivity contribution in [3.63, 3.8) is 0 Å². The van der Waals surface area contributed by atoms with Crippen LogP contribution in [-0.4, -0.2) is 6.21 Å². The van der Waals surface area contributed by atoms with Gasteiger partial charge in [-0.2, -0.15) is 0 Å². The highest BCUT2D eigenvalue weighted by atomic mass is 16.3. The van der Waals surface area contributed by atoms with Crippen molar-refractivity contribution >= 4 is 6.21 Å². The number of allylic oxidation sites excluding steroid dienone is 3. The molecule has 2 nitrogen and oxygen atoms in total. The second kappa shape index (κ2) is 4.09. The van der Waals surface area contributed by atoms with Gasteiger partial charge in [0.15, 0.2) is 0 Å². The van der Waals surface area contributed by atoms with Gasteiger partial charge in [0.1, 0.15) is 11.5 Å². The zero-order valence-electron chi connectivity index (χ0n) is 8.23. The molecule has 1 aromatic heterocycles. The summed E-state index contributed by atoms with van der Waals surface area (Å²) in [7, 11) is 0. The SMILES string of the molecule is Cc1ccc(C=NC2=CCCC=C2)o1. The van der Waals surface area contributed by atoms with E-state index in [2.05, 4.69) is 17.1 Å². The summed E-state index contributed by atoms with van der Waals surface area (Å²) in [6.45, 7) is 1.93. The molecule has 0 bridgehead atoms. The van der Waals surface area contributed by atoms with Crippen molar-refractivity contribution in [3.05, 3.63) is 47.6 Å². The second-order valence-corrected chi connectivity index (χ2v) is 3.32. The lowest BCUT2D eigenvalue weighted by Crippen LogP contribution is -1.82. The topological polar surface area (TPSA) is 25.5 Å². The highest BCUT2D eigenvalue weighted by Crippen LogP contribution is 2.11. The summed E-state index contributed by atoms with van der Waals surface area (Å²) < 4.78 is 5.37. The molecule has 0 saturated heterocycles. The smallest absolute Gasteiger partial charge is 0.145 e. The average molecular weight is 187 g/mol. The lowest BCUT2D eigenvalue weighted by atomic mass is 10.1. The Labute approximate surface area is 83.7 Å². The molecule has 1 aliphatic carbocycles. The molecule has 0 amide bonds. The minimum absolute atomic E-state index is 0.808. The maximum Gasteiger partial charge on any atom is 0.145 e. The molecule has 0 spiro atoms. The lowest BCUT2D eigenvalue weighted by Gasteiger charge is -1.99. The summed E-state index contributed by atoms with van der Waals surface area (Å²) in [4.78, 5) is 4.32. The van der Waals surface area contributed by atoms with E-state index in [4.69, 9.17) is 4.42 Å².